The van der Waals surface area contributed by atoms with Crippen LogP contribution in [-0.2, 0) is 14.9 Å². The molecule has 5 heteroatoms. The minimum absolute atomic E-state index is 0.0551. The predicted octanol–water partition coefficient (Wildman–Crippen LogP) is 3.43. The normalized spacial score (nSPS) is 18.6. The molecule has 1 aliphatic rings. The number of anilines is 1. The molecule has 5 nitrogen and oxygen atoms in total. The second kappa shape index (κ2) is 6.85. The van der Waals surface area contributed by atoms with Gasteiger partial charge in [-0.2, -0.15) is 0 Å². The highest BCUT2D eigenvalue weighted by Gasteiger charge is 2.34. The second-order valence-electron chi connectivity index (χ2n) is 7.48. The van der Waals surface area contributed by atoms with Gasteiger partial charge in [0.2, 0.25) is 0 Å². The third-order valence-corrected chi connectivity index (χ3v) is 4.12. The van der Waals surface area contributed by atoms with Crippen molar-refractivity contribution in [1.82, 2.24) is 9.97 Å². The Morgan fingerprint density at radius 1 is 1.39 bits per heavy atom. The van der Waals surface area contributed by atoms with Crippen LogP contribution in [0.5, 0.6) is 0 Å². The molecule has 1 atom stereocenters. The second-order valence-corrected chi connectivity index (χ2v) is 7.48. The van der Waals surface area contributed by atoms with Crippen LogP contribution >= 0.6 is 0 Å². The van der Waals surface area contributed by atoms with Gasteiger partial charge < -0.3 is 9.64 Å². The maximum absolute atomic E-state index is 12.2. The summed E-state index contributed by atoms with van der Waals surface area (Å²) < 4.78 is 5.23. The van der Waals surface area contributed by atoms with Crippen molar-refractivity contribution in [3.63, 3.8) is 0 Å². The zero-order valence-electron chi connectivity index (χ0n) is 15.2. The summed E-state index contributed by atoms with van der Waals surface area (Å²) in [5.41, 5.74) is 0.959. The lowest BCUT2D eigenvalue weighted by Gasteiger charge is -2.27. The molecule has 2 heterocycles. The Morgan fingerprint density at radius 3 is 2.65 bits per heavy atom. The number of hydrogen-bond acceptors (Lipinski definition) is 5. The molecule has 2 rings (SSSR count). The third kappa shape index (κ3) is 4.01. The SMILES string of the molecule is CCOC(=O)[C@H]1CCCN1c1cc(C(C)(C)C)nc(C(C)C)n1. The van der Waals surface area contributed by atoms with E-state index in [1.807, 2.05) is 13.0 Å². The van der Waals surface area contributed by atoms with E-state index in [-0.39, 0.29) is 23.3 Å². The van der Waals surface area contributed by atoms with Crippen LogP contribution in [0.4, 0.5) is 5.82 Å². The summed E-state index contributed by atoms with van der Waals surface area (Å²) in [6.45, 7) is 13.7. The van der Waals surface area contributed by atoms with Crippen molar-refractivity contribution < 1.29 is 9.53 Å². The molecule has 1 aromatic heterocycles. The van der Waals surface area contributed by atoms with Crippen LogP contribution in [0.3, 0.4) is 0 Å². The van der Waals surface area contributed by atoms with Crippen molar-refractivity contribution in [3.05, 3.63) is 17.6 Å². The first kappa shape index (κ1) is 17.7. The first-order chi connectivity index (χ1) is 10.7. The summed E-state index contributed by atoms with van der Waals surface area (Å²) >= 11 is 0. The van der Waals surface area contributed by atoms with Gasteiger partial charge in [0.05, 0.1) is 12.3 Å². The molecule has 0 bridgehead atoms. The van der Waals surface area contributed by atoms with Crippen molar-refractivity contribution in [1.29, 1.82) is 0 Å². The lowest BCUT2D eigenvalue weighted by molar-refractivity contribution is -0.144. The van der Waals surface area contributed by atoms with Gasteiger partial charge in [-0.25, -0.2) is 14.8 Å². The van der Waals surface area contributed by atoms with Crippen LogP contribution in [0.1, 0.15) is 71.8 Å². The number of nitrogens with zero attached hydrogens (tertiary/aromatic N) is 3. The Balaban J connectivity index is 2.41. The fourth-order valence-electron chi connectivity index (χ4n) is 2.77. The summed E-state index contributed by atoms with van der Waals surface area (Å²) in [5.74, 6) is 1.79. The van der Waals surface area contributed by atoms with Crippen LogP contribution < -0.4 is 4.90 Å². The molecule has 1 aliphatic heterocycles. The fourth-order valence-corrected chi connectivity index (χ4v) is 2.77. The molecule has 0 unspecified atom stereocenters. The Morgan fingerprint density at radius 2 is 2.09 bits per heavy atom. The lowest BCUT2D eigenvalue weighted by Crippen LogP contribution is -2.38. The number of carbonyl (C=O) groups is 1. The van der Waals surface area contributed by atoms with Crippen LogP contribution in [0, 0.1) is 0 Å². The summed E-state index contributed by atoms with van der Waals surface area (Å²) in [6.07, 6.45) is 1.81. The summed E-state index contributed by atoms with van der Waals surface area (Å²) in [7, 11) is 0. The van der Waals surface area contributed by atoms with Crippen molar-refractivity contribution in [3.8, 4) is 0 Å². The highest BCUT2D eigenvalue weighted by Crippen LogP contribution is 2.30. The van der Waals surface area contributed by atoms with E-state index in [1.165, 1.54) is 0 Å². The minimum atomic E-state index is -0.224. The molecular weight excluding hydrogens is 290 g/mol. The van der Waals surface area contributed by atoms with E-state index in [9.17, 15) is 4.79 Å². The average molecular weight is 319 g/mol. The van der Waals surface area contributed by atoms with Gasteiger partial charge >= 0.3 is 5.97 Å². The maximum Gasteiger partial charge on any atom is 0.328 e. The molecule has 0 aliphatic carbocycles. The molecule has 23 heavy (non-hydrogen) atoms. The fraction of sp³-hybridized carbons (Fsp3) is 0.722. The first-order valence-corrected chi connectivity index (χ1v) is 8.56. The number of ether oxygens (including phenoxy) is 1. The average Bonchev–Trinajstić information content (AvgIpc) is 2.95. The van der Waals surface area contributed by atoms with E-state index in [1.54, 1.807) is 0 Å². The summed E-state index contributed by atoms with van der Waals surface area (Å²) in [4.78, 5) is 23.8. The monoisotopic (exact) mass is 319 g/mol. The Hall–Kier alpha value is -1.65. The zero-order chi connectivity index (χ0) is 17.2. The van der Waals surface area contributed by atoms with Crippen LogP contribution in [0.25, 0.3) is 0 Å². The standard InChI is InChI=1S/C18H29N3O2/c1-7-23-17(22)13-9-8-10-21(13)15-11-14(18(4,5)6)19-16(20-15)12(2)3/h11-13H,7-10H2,1-6H3/t13-/m1/s1. The smallest absolute Gasteiger partial charge is 0.328 e. The van der Waals surface area contributed by atoms with Crippen LogP contribution in [0.15, 0.2) is 6.07 Å². The quantitative estimate of drug-likeness (QED) is 0.796. The molecule has 128 valence electrons. The van der Waals surface area contributed by atoms with Crippen LogP contribution in [-0.4, -0.2) is 35.1 Å². The van der Waals surface area contributed by atoms with E-state index in [0.717, 1.165) is 36.7 Å². The van der Waals surface area contributed by atoms with Gasteiger partial charge in [-0.1, -0.05) is 34.6 Å². The number of hydrogen-bond donors (Lipinski definition) is 0. The van der Waals surface area contributed by atoms with Gasteiger partial charge in [-0.3, -0.25) is 0 Å². The molecule has 1 aromatic rings. The molecule has 0 spiro atoms. The van der Waals surface area contributed by atoms with Crippen LogP contribution in [0.2, 0.25) is 0 Å². The summed E-state index contributed by atoms with van der Waals surface area (Å²) in [5, 5.41) is 0. The number of carbonyl (C=O) groups excluding carboxylic acids is 1. The molecule has 0 saturated carbocycles. The van der Waals surface area contributed by atoms with Gasteiger partial charge in [-0.15, -0.1) is 0 Å². The van der Waals surface area contributed by atoms with Crippen molar-refractivity contribution in [2.75, 3.05) is 18.1 Å². The highest BCUT2D eigenvalue weighted by atomic mass is 16.5. The number of rotatable bonds is 4. The highest BCUT2D eigenvalue weighted by molar-refractivity contribution is 5.80. The Kier molecular flexibility index (Phi) is 5.27. The topological polar surface area (TPSA) is 55.3 Å². The molecule has 1 fully saturated rings. The van der Waals surface area contributed by atoms with Gasteiger partial charge in [0.1, 0.15) is 17.7 Å². The largest absolute Gasteiger partial charge is 0.464 e. The minimum Gasteiger partial charge on any atom is -0.464 e. The van der Waals surface area contributed by atoms with Gasteiger partial charge in [-0.05, 0) is 19.8 Å². The van der Waals surface area contributed by atoms with E-state index < -0.39 is 0 Å². The van der Waals surface area contributed by atoms with Gasteiger partial charge in [0, 0.05) is 23.9 Å². The first-order valence-electron chi connectivity index (χ1n) is 8.56. The molecular formula is C18H29N3O2. The van der Waals surface area contributed by atoms with E-state index >= 15 is 0 Å². The van der Waals surface area contributed by atoms with Crippen molar-refractivity contribution >= 4 is 11.8 Å². The predicted molar refractivity (Wildman–Crippen MR) is 91.8 cm³/mol. The Bertz CT molecular complexity index is 564. The number of aromatic nitrogens is 2. The molecule has 0 aromatic carbocycles. The lowest BCUT2D eigenvalue weighted by atomic mass is 9.91. The molecule has 0 N–H and O–H groups in total. The van der Waals surface area contributed by atoms with E-state index in [0.29, 0.717) is 6.61 Å². The van der Waals surface area contributed by atoms with Gasteiger partial charge in [0.25, 0.3) is 0 Å². The van der Waals surface area contributed by atoms with Gasteiger partial charge in [0.15, 0.2) is 0 Å². The van der Waals surface area contributed by atoms with Crippen molar-refractivity contribution in [2.45, 2.75) is 71.8 Å². The van der Waals surface area contributed by atoms with E-state index in [4.69, 9.17) is 14.7 Å². The van der Waals surface area contributed by atoms with E-state index in [2.05, 4.69) is 39.5 Å². The number of esters is 1. The van der Waals surface area contributed by atoms with Crippen molar-refractivity contribution in [2.24, 2.45) is 0 Å². The zero-order valence-corrected chi connectivity index (χ0v) is 15.2. The maximum atomic E-state index is 12.2. The Labute approximate surface area is 139 Å². The molecule has 1 saturated heterocycles. The third-order valence-electron chi connectivity index (χ3n) is 4.12. The molecule has 0 amide bonds. The molecule has 0 radical (unpaired) electrons. The summed E-state index contributed by atoms with van der Waals surface area (Å²) in [6, 6.07) is 1.81.